The number of nitrogens with one attached hydrogen (secondary N) is 3. The molecule has 0 aliphatic carbocycles. The lowest BCUT2D eigenvalue weighted by Crippen LogP contribution is -2.30. The molecule has 5 aromatic rings. The lowest BCUT2D eigenvalue weighted by atomic mass is 10.1. The van der Waals surface area contributed by atoms with Gasteiger partial charge < -0.3 is 20.7 Å². The fourth-order valence-corrected chi connectivity index (χ4v) is 5.76. The van der Waals surface area contributed by atoms with Crippen molar-refractivity contribution in [2.75, 3.05) is 17.7 Å². The molecule has 0 aliphatic heterocycles. The SMILES string of the molecule is COC(=O)c1ccccc1NC(=O)C(Sc1ccc(NC(=O)/C(=C/c2ccc([N+](=O)[O-])cc2)NC(=O)c2ccccc2)cc1)c1ccccc1. The van der Waals surface area contributed by atoms with Gasteiger partial charge in [0, 0.05) is 28.3 Å². The number of ether oxygens (including phenoxy) is 1. The van der Waals surface area contributed by atoms with Crippen molar-refractivity contribution >= 4 is 58.6 Å². The predicted molar refractivity (Wildman–Crippen MR) is 192 cm³/mol. The molecule has 0 aromatic heterocycles. The molecule has 0 saturated heterocycles. The fraction of sp³-hybridized carbons (Fsp3) is 0.0526. The maximum Gasteiger partial charge on any atom is 0.339 e. The van der Waals surface area contributed by atoms with Crippen molar-refractivity contribution in [2.45, 2.75) is 10.1 Å². The predicted octanol–water partition coefficient (Wildman–Crippen LogP) is 7.26. The number of hydrogen-bond donors (Lipinski definition) is 3. The summed E-state index contributed by atoms with van der Waals surface area (Å²) in [5.41, 5.74) is 2.29. The minimum Gasteiger partial charge on any atom is -0.465 e. The molecular formula is C38H30N4O7S. The number of amides is 3. The van der Waals surface area contributed by atoms with Gasteiger partial charge in [-0.1, -0.05) is 60.7 Å². The molecule has 0 fully saturated rings. The van der Waals surface area contributed by atoms with Crippen LogP contribution in [-0.2, 0) is 14.3 Å². The summed E-state index contributed by atoms with van der Waals surface area (Å²) in [6.45, 7) is 0. The number of thioether (sulfide) groups is 1. The van der Waals surface area contributed by atoms with Gasteiger partial charge in [0.25, 0.3) is 17.5 Å². The highest BCUT2D eigenvalue weighted by molar-refractivity contribution is 8.00. The summed E-state index contributed by atoms with van der Waals surface area (Å²) < 4.78 is 4.86. The highest BCUT2D eigenvalue weighted by Gasteiger charge is 2.24. The van der Waals surface area contributed by atoms with E-state index in [0.29, 0.717) is 27.4 Å². The van der Waals surface area contributed by atoms with E-state index in [-0.39, 0.29) is 22.9 Å². The normalized spacial score (nSPS) is 11.5. The van der Waals surface area contributed by atoms with Crippen LogP contribution in [0.3, 0.4) is 0 Å². The number of non-ortho nitro benzene ring substituents is 1. The standard InChI is InChI=1S/C38H30N4O7S/c1-49-38(46)31-14-8-9-15-32(31)40-37(45)34(26-10-4-2-5-11-26)50-30-22-18-28(19-23-30)39-36(44)33(41-35(43)27-12-6-3-7-13-27)24-25-16-20-29(21-17-25)42(47)48/h2-24,34H,1H3,(H,39,44)(H,40,45)(H,41,43)/b33-24-. The number of anilines is 2. The molecule has 5 aromatic carbocycles. The van der Waals surface area contributed by atoms with E-state index in [1.54, 1.807) is 78.9 Å². The van der Waals surface area contributed by atoms with Crippen molar-refractivity contribution < 1.29 is 28.8 Å². The van der Waals surface area contributed by atoms with Crippen LogP contribution in [-0.4, -0.2) is 35.7 Å². The van der Waals surface area contributed by atoms with E-state index in [0.717, 1.165) is 5.56 Å². The Kier molecular flexibility index (Phi) is 11.5. The van der Waals surface area contributed by atoms with Crippen LogP contribution in [0.5, 0.6) is 0 Å². The molecule has 12 heteroatoms. The molecule has 50 heavy (non-hydrogen) atoms. The quantitative estimate of drug-likeness (QED) is 0.0407. The molecule has 1 unspecified atom stereocenters. The number of benzene rings is 5. The van der Waals surface area contributed by atoms with Gasteiger partial charge in [0.2, 0.25) is 5.91 Å². The third-order valence-corrected chi connectivity index (χ3v) is 8.51. The Morgan fingerprint density at radius 3 is 2.02 bits per heavy atom. The lowest BCUT2D eigenvalue weighted by Gasteiger charge is -2.18. The molecule has 0 aliphatic rings. The molecule has 0 bridgehead atoms. The maximum atomic E-state index is 13.6. The molecular weight excluding hydrogens is 657 g/mol. The zero-order chi connectivity index (χ0) is 35.5. The number of methoxy groups -OCH3 is 1. The van der Waals surface area contributed by atoms with E-state index < -0.39 is 28.0 Å². The van der Waals surface area contributed by atoms with Crippen molar-refractivity contribution in [3.8, 4) is 0 Å². The van der Waals surface area contributed by atoms with E-state index in [1.807, 2.05) is 30.3 Å². The number of nitro benzene ring substituents is 1. The van der Waals surface area contributed by atoms with Crippen molar-refractivity contribution in [3.63, 3.8) is 0 Å². The average Bonchev–Trinajstić information content (AvgIpc) is 3.15. The number of para-hydroxylation sites is 1. The molecule has 250 valence electrons. The summed E-state index contributed by atoms with van der Waals surface area (Å²) in [5, 5.41) is 18.7. The molecule has 0 radical (unpaired) electrons. The Balaban J connectivity index is 1.34. The van der Waals surface area contributed by atoms with Crippen LogP contribution in [0, 0.1) is 10.1 Å². The van der Waals surface area contributed by atoms with Crippen LogP contribution in [0.4, 0.5) is 17.1 Å². The second-order valence-electron chi connectivity index (χ2n) is 10.6. The Labute approximate surface area is 291 Å². The van der Waals surface area contributed by atoms with Crippen LogP contribution in [0.25, 0.3) is 6.08 Å². The summed E-state index contributed by atoms with van der Waals surface area (Å²) in [6.07, 6.45) is 1.42. The number of esters is 1. The van der Waals surface area contributed by atoms with E-state index in [1.165, 1.54) is 49.2 Å². The molecule has 0 heterocycles. The third-order valence-electron chi connectivity index (χ3n) is 7.24. The molecule has 0 saturated carbocycles. The van der Waals surface area contributed by atoms with Gasteiger partial charge in [0.05, 0.1) is 23.3 Å². The zero-order valence-corrected chi connectivity index (χ0v) is 27.4. The van der Waals surface area contributed by atoms with E-state index in [2.05, 4.69) is 16.0 Å². The van der Waals surface area contributed by atoms with Crippen LogP contribution in [0.1, 0.15) is 37.1 Å². The van der Waals surface area contributed by atoms with E-state index in [4.69, 9.17) is 4.74 Å². The topological polar surface area (TPSA) is 157 Å². The Morgan fingerprint density at radius 1 is 0.760 bits per heavy atom. The van der Waals surface area contributed by atoms with Gasteiger partial charge in [-0.05, 0) is 77.9 Å². The average molecular weight is 687 g/mol. The maximum absolute atomic E-state index is 13.6. The summed E-state index contributed by atoms with van der Waals surface area (Å²) >= 11 is 1.28. The summed E-state index contributed by atoms with van der Waals surface area (Å²) in [5.74, 6) is -2.07. The third kappa shape index (κ3) is 9.08. The van der Waals surface area contributed by atoms with Crippen molar-refractivity contribution in [3.05, 3.63) is 172 Å². The van der Waals surface area contributed by atoms with Gasteiger partial charge in [-0.3, -0.25) is 24.5 Å². The van der Waals surface area contributed by atoms with Gasteiger partial charge >= 0.3 is 5.97 Å². The van der Waals surface area contributed by atoms with Crippen LogP contribution >= 0.6 is 11.8 Å². The monoisotopic (exact) mass is 686 g/mol. The number of nitrogens with zero attached hydrogens (tertiary/aromatic N) is 1. The van der Waals surface area contributed by atoms with Crippen LogP contribution < -0.4 is 16.0 Å². The van der Waals surface area contributed by atoms with Crippen molar-refractivity contribution in [2.24, 2.45) is 0 Å². The summed E-state index contributed by atoms with van der Waals surface area (Å²) in [4.78, 5) is 63.6. The molecule has 1 atom stereocenters. The minimum absolute atomic E-state index is 0.0841. The van der Waals surface area contributed by atoms with Crippen LogP contribution in [0.2, 0.25) is 0 Å². The first kappa shape index (κ1) is 34.8. The minimum atomic E-state index is -0.702. The Morgan fingerprint density at radius 2 is 1.38 bits per heavy atom. The van der Waals surface area contributed by atoms with E-state index >= 15 is 0 Å². The number of carbonyl (C=O) groups excluding carboxylic acids is 4. The smallest absolute Gasteiger partial charge is 0.339 e. The van der Waals surface area contributed by atoms with Gasteiger partial charge in [0.15, 0.2) is 0 Å². The molecule has 5 rings (SSSR count). The van der Waals surface area contributed by atoms with Crippen molar-refractivity contribution in [1.82, 2.24) is 5.32 Å². The summed E-state index contributed by atoms with van der Waals surface area (Å²) in [6, 6.07) is 36.5. The van der Waals surface area contributed by atoms with Gasteiger partial charge in [-0.15, -0.1) is 11.8 Å². The first-order chi connectivity index (χ1) is 24.2. The Hall–Kier alpha value is -6.53. The molecule has 0 spiro atoms. The number of rotatable bonds is 12. The Bertz CT molecular complexity index is 2040. The summed E-state index contributed by atoms with van der Waals surface area (Å²) in [7, 11) is 1.27. The largest absolute Gasteiger partial charge is 0.465 e. The van der Waals surface area contributed by atoms with Gasteiger partial charge in [-0.25, -0.2) is 4.79 Å². The van der Waals surface area contributed by atoms with Crippen molar-refractivity contribution in [1.29, 1.82) is 0 Å². The van der Waals surface area contributed by atoms with Gasteiger partial charge in [0.1, 0.15) is 10.9 Å². The first-order valence-corrected chi connectivity index (χ1v) is 16.0. The fourth-order valence-electron chi connectivity index (χ4n) is 4.73. The van der Waals surface area contributed by atoms with E-state index in [9.17, 15) is 29.3 Å². The number of carbonyl (C=O) groups is 4. The zero-order valence-electron chi connectivity index (χ0n) is 26.6. The lowest BCUT2D eigenvalue weighted by molar-refractivity contribution is -0.384. The second-order valence-corrected chi connectivity index (χ2v) is 11.8. The number of hydrogen-bond acceptors (Lipinski definition) is 8. The molecule has 3 amide bonds. The molecule has 11 nitrogen and oxygen atoms in total. The number of nitro groups is 1. The highest BCUT2D eigenvalue weighted by Crippen LogP contribution is 2.37. The molecule has 3 N–H and O–H groups in total. The van der Waals surface area contributed by atoms with Crippen LogP contribution in [0.15, 0.2) is 144 Å². The highest BCUT2D eigenvalue weighted by atomic mass is 32.2. The van der Waals surface area contributed by atoms with Gasteiger partial charge in [-0.2, -0.15) is 0 Å². The first-order valence-electron chi connectivity index (χ1n) is 15.2. The second kappa shape index (κ2) is 16.5.